The van der Waals surface area contributed by atoms with E-state index >= 15 is 0 Å². The van der Waals surface area contributed by atoms with Gasteiger partial charge in [0.25, 0.3) is 0 Å². The van der Waals surface area contributed by atoms with E-state index in [4.69, 9.17) is 5.11 Å². The molecule has 14 heavy (non-hydrogen) atoms. The van der Waals surface area contributed by atoms with E-state index in [-0.39, 0.29) is 0 Å². The fraction of sp³-hybridized carbons (Fsp3) is 0.556. The molecule has 0 amide bonds. The van der Waals surface area contributed by atoms with Crippen LogP contribution in [0.5, 0.6) is 0 Å². The summed E-state index contributed by atoms with van der Waals surface area (Å²) in [4.78, 5) is 0.0938. The van der Waals surface area contributed by atoms with Crippen molar-refractivity contribution in [1.82, 2.24) is 0 Å². The zero-order chi connectivity index (χ0) is 10.8. The third-order valence-electron chi connectivity index (χ3n) is 1.75. The van der Waals surface area contributed by atoms with Crippen molar-refractivity contribution in [3.8, 4) is 0 Å². The van der Waals surface area contributed by atoms with E-state index in [1.165, 1.54) is 6.07 Å². The molecule has 5 heteroatoms. The zero-order valence-corrected chi connectivity index (χ0v) is 8.45. The number of thiophene rings is 1. The highest BCUT2D eigenvalue weighted by molar-refractivity contribution is 7.12. The number of aryl methyl sites for hydroxylation is 1. The average molecular weight is 224 g/mol. The molecule has 1 aromatic heterocycles. The first-order chi connectivity index (χ1) is 6.39. The molecule has 0 saturated heterocycles. The summed E-state index contributed by atoms with van der Waals surface area (Å²) in [5.41, 5.74) is 0. The van der Waals surface area contributed by atoms with Gasteiger partial charge in [-0.2, -0.15) is 13.2 Å². The van der Waals surface area contributed by atoms with E-state index in [9.17, 15) is 13.2 Å². The average Bonchev–Trinajstić information content (AvgIpc) is 2.47. The Bertz CT molecular complexity index is 290. The molecule has 0 bridgehead atoms. The van der Waals surface area contributed by atoms with Gasteiger partial charge in [-0.05, 0) is 31.9 Å². The normalized spacial score (nSPS) is 14.4. The highest BCUT2D eigenvalue weighted by atomic mass is 32.1. The fourth-order valence-electron chi connectivity index (χ4n) is 1.02. The van der Waals surface area contributed by atoms with Crippen LogP contribution in [0.3, 0.4) is 0 Å². The van der Waals surface area contributed by atoms with Gasteiger partial charge in [0.05, 0.1) is 6.10 Å². The Morgan fingerprint density at radius 1 is 1.43 bits per heavy atom. The molecule has 0 spiro atoms. The molecule has 0 aliphatic carbocycles. The lowest BCUT2D eigenvalue weighted by atomic mass is 10.2. The van der Waals surface area contributed by atoms with Gasteiger partial charge in [-0.3, -0.25) is 0 Å². The van der Waals surface area contributed by atoms with E-state index in [1.54, 1.807) is 6.92 Å². The van der Waals surface area contributed by atoms with Gasteiger partial charge in [0.2, 0.25) is 0 Å². The van der Waals surface area contributed by atoms with E-state index < -0.39 is 17.2 Å². The number of hydrogen-bond acceptors (Lipinski definition) is 2. The summed E-state index contributed by atoms with van der Waals surface area (Å²) in [6.45, 7) is 1.62. The Hall–Kier alpha value is -0.550. The Morgan fingerprint density at radius 2 is 2.07 bits per heavy atom. The number of hydrogen-bond donors (Lipinski definition) is 1. The molecule has 1 rings (SSSR count). The van der Waals surface area contributed by atoms with E-state index in [0.717, 1.165) is 17.4 Å². The Labute approximate surface area is 84.2 Å². The van der Waals surface area contributed by atoms with Crippen LogP contribution in [0.1, 0.15) is 23.1 Å². The highest BCUT2D eigenvalue weighted by Gasteiger charge is 2.32. The van der Waals surface area contributed by atoms with Gasteiger partial charge in [-0.1, -0.05) is 0 Å². The number of alkyl halides is 3. The Balaban J connectivity index is 2.60. The Morgan fingerprint density at radius 3 is 2.50 bits per heavy atom. The molecule has 0 aliphatic rings. The number of aliphatic hydroxyl groups is 1. The van der Waals surface area contributed by atoms with Crippen molar-refractivity contribution in [2.24, 2.45) is 0 Å². The molecule has 0 fully saturated rings. The van der Waals surface area contributed by atoms with Crippen LogP contribution in [0.15, 0.2) is 12.1 Å². The van der Waals surface area contributed by atoms with Crippen LogP contribution in [-0.2, 0) is 12.6 Å². The van der Waals surface area contributed by atoms with Crippen LogP contribution in [0.2, 0.25) is 0 Å². The van der Waals surface area contributed by atoms with Crippen LogP contribution in [0.4, 0.5) is 13.2 Å². The van der Waals surface area contributed by atoms with Gasteiger partial charge in [-0.25, -0.2) is 0 Å². The van der Waals surface area contributed by atoms with E-state index in [0.29, 0.717) is 17.7 Å². The summed E-state index contributed by atoms with van der Waals surface area (Å²) < 4.78 is 36.5. The summed E-state index contributed by atoms with van der Waals surface area (Å²) in [6.07, 6.45) is -3.71. The van der Waals surface area contributed by atoms with Gasteiger partial charge in [-0.15, -0.1) is 11.3 Å². The van der Waals surface area contributed by atoms with Crippen LogP contribution in [0, 0.1) is 0 Å². The quantitative estimate of drug-likeness (QED) is 0.836. The maximum Gasteiger partial charge on any atom is 0.425 e. The molecule has 80 valence electrons. The van der Waals surface area contributed by atoms with Crippen molar-refractivity contribution in [2.75, 3.05) is 0 Å². The maximum absolute atomic E-state index is 12.2. The van der Waals surface area contributed by atoms with Crippen LogP contribution in [-0.4, -0.2) is 11.2 Å². The number of halogens is 3. The third-order valence-corrected chi connectivity index (χ3v) is 2.94. The molecular weight excluding hydrogens is 213 g/mol. The lowest BCUT2D eigenvalue weighted by Gasteiger charge is -2.02. The van der Waals surface area contributed by atoms with Gasteiger partial charge < -0.3 is 5.11 Å². The molecule has 0 radical (unpaired) electrons. The topological polar surface area (TPSA) is 20.2 Å². The SMILES string of the molecule is C[C@H](O)CCc1ccc(C(F)(F)F)s1. The van der Waals surface area contributed by atoms with Crippen LogP contribution < -0.4 is 0 Å². The predicted octanol–water partition coefficient (Wildman–Crippen LogP) is 3.08. The molecule has 1 atom stereocenters. The molecule has 0 unspecified atom stereocenters. The molecule has 1 heterocycles. The maximum atomic E-state index is 12.2. The molecule has 0 aromatic carbocycles. The summed E-state index contributed by atoms with van der Waals surface area (Å²) >= 11 is 0.746. The van der Waals surface area contributed by atoms with Crippen LogP contribution >= 0.6 is 11.3 Å². The van der Waals surface area contributed by atoms with Crippen molar-refractivity contribution in [2.45, 2.75) is 32.0 Å². The molecule has 0 saturated carbocycles. The van der Waals surface area contributed by atoms with Crippen molar-refractivity contribution in [3.63, 3.8) is 0 Å². The monoisotopic (exact) mass is 224 g/mol. The minimum Gasteiger partial charge on any atom is -0.393 e. The summed E-state index contributed by atoms with van der Waals surface area (Å²) in [5, 5.41) is 8.96. The second kappa shape index (κ2) is 4.31. The molecule has 1 aromatic rings. The van der Waals surface area contributed by atoms with Gasteiger partial charge in [0.1, 0.15) is 4.88 Å². The minimum atomic E-state index is -4.24. The van der Waals surface area contributed by atoms with Crippen molar-refractivity contribution in [1.29, 1.82) is 0 Å². The van der Waals surface area contributed by atoms with Gasteiger partial charge in [0, 0.05) is 4.88 Å². The number of aliphatic hydroxyl groups excluding tert-OH is 1. The second-order valence-electron chi connectivity index (χ2n) is 3.15. The molecular formula is C9H11F3OS. The highest BCUT2D eigenvalue weighted by Crippen LogP contribution is 2.34. The van der Waals surface area contributed by atoms with Gasteiger partial charge >= 0.3 is 6.18 Å². The predicted molar refractivity (Wildman–Crippen MR) is 49.3 cm³/mol. The lowest BCUT2D eigenvalue weighted by molar-refractivity contribution is -0.134. The minimum absolute atomic E-state index is 0.466. The van der Waals surface area contributed by atoms with Crippen molar-refractivity contribution in [3.05, 3.63) is 21.9 Å². The summed E-state index contributed by atoms with van der Waals surface area (Å²) in [5.74, 6) is 0. The lowest BCUT2D eigenvalue weighted by Crippen LogP contribution is -2.01. The first-order valence-corrected chi connectivity index (χ1v) is 5.05. The largest absolute Gasteiger partial charge is 0.425 e. The molecule has 0 aliphatic heterocycles. The zero-order valence-electron chi connectivity index (χ0n) is 7.64. The summed E-state index contributed by atoms with van der Waals surface area (Å²) in [6, 6.07) is 2.55. The standard InChI is InChI=1S/C9H11F3OS/c1-6(13)2-3-7-4-5-8(14-7)9(10,11)12/h4-6,13H,2-3H2,1H3/t6-/m0/s1. The number of rotatable bonds is 3. The third kappa shape index (κ3) is 3.31. The molecule has 1 N–H and O–H groups in total. The van der Waals surface area contributed by atoms with E-state index in [2.05, 4.69) is 0 Å². The second-order valence-corrected chi connectivity index (χ2v) is 4.32. The summed E-state index contributed by atoms with van der Waals surface area (Å²) in [7, 11) is 0. The molecule has 1 nitrogen and oxygen atoms in total. The van der Waals surface area contributed by atoms with Crippen molar-refractivity contribution >= 4 is 11.3 Å². The smallest absolute Gasteiger partial charge is 0.393 e. The van der Waals surface area contributed by atoms with Crippen molar-refractivity contribution < 1.29 is 18.3 Å². The van der Waals surface area contributed by atoms with Gasteiger partial charge in [0.15, 0.2) is 0 Å². The fourth-order valence-corrected chi connectivity index (χ4v) is 1.91. The first-order valence-electron chi connectivity index (χ1n) is 4.23. The van der Waals surface area contributed by atoms with E-state index in [1.807, 2.05) is 0 Å². The first kappa shape index (κ1) is 11.5. The van der Waals surface area contributed by atoms with Crippen LogP contribution in [0.25, 0.3) is 0 Å². The Kier molecular flexibility index (Phi) is 3.55.